The molecule has 1 aliphatic rings. The molecule has 1 unspecified atom stereocenters. The average Bonchev–Trinajstić information content (AvgIpc) is 2.36. The fourth-order valence-corrected chi connectivity index (χ4v) is 2.29. The molecule has 1 aliphatic heterocycles. The third-order valence-corrected chi connectivity index (χ3v) is 2.96. The van der Waals surface area contributed by atoms with Gasteiger partial charge in [0.1, 0.15) is 0 Å². The Hall–Kier alpha value is -1.18. The van der Waals surface area contributed by atoms with Crippen molar-refractivity contribution in [2.45, 2.75) is 25.6 Å². The van der Waals surface area contributed by atoms with E-state index in [0.717, 1.165) is 0 Å². The summed E-state index contributed by atoms with van der Waals surface area (Å²) in [7, 11) is 1.72. The van der Waals surface area contributed by atoms with E-state index in [4.69, 9.17) is 16.3 Å². The third kappa shape index (κ3) is 3.43. The van der Waals surface area contributed by atoms with Crippen molar-refractivity contribution in [3.8, 4) is 0 Å². The van der Waals surface area contributed by atoms with Gasteiger partial charge in [0, 0.05) is 20.1 Å². The molecule has 106 valence electrons. The number of aliphatic hydroxyl groups is 1. The summed E-state index contributed by atoms with van der Waals surface area (Å²) in [5, 5.41) is 12.3. The molecule has 0 bridgehead atoms. The van der Waals surface area contributed by atoms with Crippen molar-refractivity contribution >= 4 is 23.5 Å². The summed E-state index contributed by atoms with van der Waals surface area (Å²) in [6.07, 6.45) is -0.266. The van der Waals surface area contributed by atoms with Crippen LogP contribution in [0, 0.1) is 0 Å². The lowest BCUT2D eigenvalue weighted by molar-refractivity contribution is -0.101. The third-order valence-electron chi connectivity index (χ3n) is 2.79. The molecule has 19 heavy (non-hydrogen) atoms. The monoisotopic (exact) mass is 287 g/mol. The number of morpholine rings is 1. The lowest BCUT2D eigenvalue weighted by atomic mass is 10.1. The van der Waals surface area contributed by atoms with Gasteiger partial charge in [-0.2, -0.15) is 15.0 Å². The van der Waals surface area contributed by atoms with E-state index in [2.05, 4.69) is 20.3 Å². The number of ether oxygens (including phenoxy) is 1. The standard InChI is InChI=1S/C11H18ClN5O2/c1-11(2)6-17(4-7(5-18)19-11)10-15-8(12)14-9(13-3)16-10/h7,18H,4-6H2,1-3H3,(H,13,14,15,16). The van der Waals surface area contributed by atoms with Crippen LogP contribution in [0.1, 0.15) is 13.8 Å². The Morgan fingerprint density at radius 2 is 2.21 bits per heavy atom. The summed E-state index contributed by atoms with van der Waals surface area (Å²) >= 11 is 5.88. The van der Waals surface area contributed by atoms with E-state index in [1.165, 1.54) is 0 Å². The summed E-state index contributed by atoms with van der Waals surface area (Å²) in [6.45, 7) is 5.02. The van der Waals surface area contributed by atoms with E-state index in [0.29, 0.717) is 25.0 Å². The van der Waals surface area contributed by atoms with E-state index in [9.17, 15) is 5.11 Å². The molecule has 8 heteroatoms. The van der Waals surface area contributed by atoms with Crippen LogP contribution in [0.25, 0.3) is 0 Å². The van der Waals surface area contributed by atoms with Crippen LogP contribution in [0.4, 0.5) is 11.9 Å². The van der Waals surface area contributed by atoms with E-state index >= 15 is 0 Å². The highest BCUT2D eigenvalue weighted by atomic mass is 35.5. The number of halogens is 1. The second-order valence-corrected chi connectivity index (χ2v) is 5.38. The van der Waals surface area contributed by atoms with Gasteiger partial charge in [-0.1, -0.05) is 0 Å². The molecule has 0 saturated carbocycles. The number of anilines is 2. The van der Waals surface area contributed by atoms with Gasteiger partial charge >= 0.3 is 0 Å². The molecule has 2 heterocycles. The minimum absolute atomic E-state index is 0.0440. The first-order chi connectivity index (χ1) is 8.93. The van der Waals surface area contributed by atoms with Crippen LogP contribution in [-0.2, 0) is 4.74 Å². The van der Waals surface area contributed by atoms with Crippen molar-refractivity contribution in [1.29, 1.82) is 0 Å². The van der Waals surface area contributed by atoms with Crippen molar-refractivity contribution in [3.63, 3.8) is 0 Å². The minimum Gasteiger partial charge on any atom is -0.394 e. The zero-order valence-electron chi connectivity index (χ0n) is 11.2. The number of nitrogens with zero attached hydrogens (tertiary/aromatic N) is 4. The largest absolute Gasteiger partial charge is 0.394 e. The van der Waals surface area contributed by atoms with Gasteiger partial charge in [0.05, 0.1) is 18.3 Å². The van der Waals surface area contributed by atoms with Crippen LogP contribution in [-0.4, -0.2) is 58.5 Å². The molecule has 0 amide bonds. The van der Waals surface area contributed by atoms with Crippen LogP contribution in [0.2, 0.25) is 5.28 Å². The number of hydrogen-bond acceptors (Lipinski definition) is 7. The molecule has 0 aromatic carbocycles. The normalized spacial score (nSPS) is 22.4. The quantitative estimate of drug-likeness (QED) is 0.839. The molecule has 2 N–H and O–H groups in total. The number of aliphatic hydroxyl groups excluding tert-OH is 1. The van der Waals surface area contributed by atoms with Gasteiger partial charge in [-0.05, 0) is 25.4 Å². The Labute approximate surface area is 117 Å². The van der Waals surface area contributed by atoms with E-state index < -0.39 is 0 Å². The predicted molar refractivity (Wildman–Crippen MR) is 72.6 cm³/mol. The predicted octanol–water partition coefficient (Wildman–Crippen LogP) is 0.543. The molecular formula is C11H18ClN5O2. The van der Waals surface area contributed by atoms with Gasteiger partial charge in [-0.3, -0.25) is 0 Å². The maximum absolute atomic E-state index is 9.30. The SMILES string of the molecule is CNc1nc(Cl)nc(N2CC(CO)OC(C)(C)C2)n1. The van der Waals surface area contributed by atoms with Crippen molar-refractivity contribution < 1.29 is 9.84 Å². The first-order valence-corrected chi connectivity index (χ1v) is 6.44. The summed E-state index contributed by atoms with van der Waals surface area (Å²) in [6, 6.07) is 0. The summed E-state index contributed by atoms with van der Waals surface area (Å²) in [5.74, 6) is 0.902. The Balaban J connectivity index is 2.27. The van der Waals surface area contributed by atoms with Crippen molar-refractivity contribution in [3.05, 3.63) is 5.28 Å². The molecule has 0 aliphatic carbocycles. The molecule has 0 radical (unpaired) electrons. The molecule has 0 spiro atoms. The summed E-state index contributed by atoms with van der Waals surface area (Å²) in [4.78, 5) is 14.3. The number of rotatable bonds is 3. The van der Waals surface area contributed by atoms with Crippen molar-refractivity contribution in [1.82, 2.24) is 15.0 Å². The van der Waals surface area contributed by atoms with Crippen LogP contribution in [0.3, 0.4) is 0 Å². The van der Waals surface area contributed by atoms with Crippen molar-refractivity contribution in [2.24, 2.45) is 0 Å². The topological polar surface area (TPSA) is 83.4 Å². The zero-order chi connectivity index (χ0) is 14.0. The second kappa shape index (κ2) is 5.44. The van der Waals surface area contributed by atoms with E-state index in [-0.39, 0.29) is 23.6 Å². The number of hydrogen-bond donors (Lipinski definition) is 2. The van der Waals surface area contributed by atoms with Crippen LogP contribution in [0.5, 0.6) is 0 Å². The van der Waals surface area contributed by atoms with Gasteiger partial charge in [0.25, 0.3) is 0 Å². The van der Waals surface area contributed by atoms with Gasteiger partial charge in [-0.15, -0.1) is 0 Å². The summed E-state index contributed by atoms with van der Waals surface area (Å²) in [5.41, 5.74) is -0.384. The Morgan fingerprint density at radius 1 is 1.47 bits per heavy atom. The van der Waals surface area contributed by atoms with E-state index in [1.54, 1.807) is 7.05 Å². The highest BCUT2D eigenvalue weighted by Crippen LogP contribution is 2.24. The minimum atomic E-state index is -0.384. The van der Waals surface area contributed by atoms with Gasteiger partial charge < -0.3 is 20.1 Å². The molecule has 2 rings (SSSR count). The highest BCUT2D eigenvalue weighted by molar-refractivity contribution is 6.28. The van der Waals surface area contributed by atoms with Gasteiger partial charge in [0.2, 0.25) is 17.2 Å². The highest BCUT2D eigenvalue weighted by Gasteiger charge is 2.34. The second-order valence-electron chi connectivity index (χ2n) is 5.04. The lowest BCUT2D eigenvalue weighted by Gasteiger charge is -2.42. The van der Waals surface area contributed by atoms with Gasteiger partial charge in [0.15, 0.2) is 0 Å². The smallest absolute Gasteiger partial charge is 0.231 e. The van der Waals surface area contributed by atoms with Crippen molar-refractivity contribution in [2.75, 3.05) is 37.0 Å². The molecule has 1 aromatic rings. The Kier molecular flexibility index (Phi) is 4.07. The number of nitrogens with one attached hydrogen (secondary N) is 1. The van der Waals surface area contributed by atoms with E-state index in [1.807, 2.05) is 18.7 Å². The average molecular weight is 288 g/mol. The molecule has 7 nitrogen and oxygen atoms in total. The maximum atomic E-state index is 9.30. The molecule has 1 aromatic heterocycles. The fourth-order valence-electron chi connectivity index (χ4n) is 2.14. The lowest BCUT2D eigenvalue weighted by Crippen LogP contribution is -2.54. The molecule has 1 saturated heterocycles. The summed E-state index contributed by atoms with van der Waals surface area (Å²) < 4.78 is 5.75. The van der Waals surface area contributed by atoms with Crippen LogP contribution >= 0.6 is 11.6 Å². The molecule has 1 atom stereocenters. The first-order valence-electron chi connectivity index (χ1n) is 6.06. The maximum Gasteiger partial charge on any atom is 0.231 e. The molecular weight excluding hydrogens is 270 g/mol. The first kappa shape index (κ1) is 14.2. The van der Waals surface area contributed by atoms with Gasteiger partial charge in [-0.25, -0.2) is 0 Å². The Bertz CT molecular complexity index is 457. The number of aromatic nitrogens is 3. The van der Waals surface area contributed by atoms with Crippen LogP contribution < -0.4 is 10.2 Å². The Morgan fingerprint density at radius 3 is 2.84 bits per heavy atom. The zero-order valence-corrected chi connectivity index (χ0v) is 12.0. The molecule has 1 fully saturated rings. The van der Waals surface area contributed by atoms with Crippen LogP contribution in [0.15, 0.2) is 0 Å². The fraction of sp³-hybridized carbons (Fsp3) is 0.727.